The zero-order valence-electron chi connectivity index (χ0n) is 18.9. The normalized spacial score (nSPS) is 14.3. The molecule has 31 heavy (non-hydrogen) atoms. The summed E-state index contributed by atoms with van der Waals surface area (Å²) in [5, 5.41) is 3.16. The van der Waals surface area contributed by atoms with E-state index < -0.39 is 0 Å². The number of hydrogen-bond donors (Lipinski definition) is 1. The van der Waals surface area contributed by atoms with Crippen LogP contribution < -0.4 is 14.8 Å². The van der Waals surface area contributed by atoms with E-state index in [9.17, 15) is 9.59 Å². The second-order valence-corrected chi connectivity index (χ2v) is 8.33. The molecule has 0 spiro atoms. The highest BCUT2D eigenvalue weighted by molar-refractivity contribution is 6.36. The van der Waals surface area contributed by atoms with Gasteiger partial charge in [-0.2, -0.15) is 0 Å². The molecule has 1 N–H and O–H groups in total. The quantitative estimate of drug-likeness (QED) is 0.615. The molecule has 0 bridgehead atoms. The first-order chi connectivity index (χ1) is 14.7. The summed E-state index contributed by atoms with van der Waals surface area (Å²) in [4.78, 5) is 27.5. The molecular weight excluding hydrogens is 392 g/mol. The predicted molar refractivity (Wildman–Crippen MR) is 122 cm³/mol. The fourth-order valence-corrected chi connectivity index (χ4v) is 3.41. The van der Waals surface area contributed by atoms with Gasteiger partial charge in [-0.15, -0.1) is 0 Å². The van der Waals surface area contributed by atoms with E-state index >= 15 is 0 Å². The van der Waals surface area contributed by atoms with Crippen LogP contribution in [-0.4, -0.2) is 35.0 Å². The monoisotopic (exact) mass is 422 g/mol. The molecule has 6 heteroatoms. The van der Waals surface area contributed by atoms with Crippen LogP contribution in [0.1, 0.15) is 47.1 Å². The maximum absolute atomic E-state index is 13.2. The zero-order valence-corrected chi connectivity index (χ0v) is 18.9. The Morgan fingerprint density at radius 3 is 1.65 bits per heavy atom. The lowest BCUT2D eigenvalue weighted by Crippen LogP contribution is -2.38. The number of anilines is 1. The third-order valence-electron chi connectivity index (χ3n) is 4.64. The second-order valence-electron chi connectivity index (χ2n) is 8.33. The Hall–Kier alpha value is -3.28. The molecule has 0 radical (unpaired) electrons. The summed E-state index contributed by atoms with van der Waals surface area (Å²) < 4.78 is 11.4. The van der Waals surface area contributed by atoms with Crippen LogP contribution in [0.15, 0.2) is 54.2 Å². The van der Waals surface area contributed by atoms with Crippen molar-refractivity contribution in [3.8, 4) is 11.5 Å². The van der Waals surface area contributed by atoms with Gasteiger partial charge in [-0.1, -0.05) is 12.1 Å². The molecule has 2 aromatic carbocycles. The van der Waals surface area contributed by atoms with E-state index in [1.165, 1.54) is 4.90 Å². The Balaban J connectivity index is 1.96. The third kappa shape index (κ3) is 5.08. The highest BCUT2D eigenvalue weighted by Crippen LogP contribution is 2.33. The van der Waals surface area contributed by atoms with Gasteiger partial charge in [0.05, 0.1) is 17.8 Å². The summed E-state index contributed by atoms with van der Waals surface area (Å²) >= 11 is 0. The van der Waals surface area contributed by atoms with Crippen molar-refractivity contribution in [2.24, 2.45) is 0 Å². The average molecular weight is 423 g/mol. The standard InChI is InChI=1S/C25H30N2O4/c1-15(2)27-24(28)22(18-7-11-20(12-8-18)30-16(3)4)23(25(27)29)26-19-9-13-21(14-10-19)31-17(5)6/h7-17,26H,1-6H3. The SMILES string of the molecule is CC(C)Oc1ccc(NC2=C(c3ccc(OC(C)C)cc3)C(=O)N(C(C)C)C2=O)cc1. The summed E-state index contributed by atoms with van der Waals surface area (Å²) in [5.74, 6) is 0.819. The Bertz CT molecular complexity index is 974. The van der Waals surface area contributed by atoms with Gasteiger partial charge >= 0.3 is 0 Å². The number of amides is 2. The van der Waals surface area contributed by atoms with Crippen LogP contribution in [0.3, 0.4) is 0 Å². The van der Waals surface area contributed by atoms with Crippen molar-refractivity contribution in [1.82, 2.24) is 4.90 Å². The number of benzene rings is 2. The van der Waals surface area contributed by atoms with Crippen LogP contribution in [0.25, 0.3) is 5.57 Å². The molecule has 0 fully saturated rings. The van der Waals surface area contributed by atoms with E-state index in [4.69, 9.17) is 9.47 Å². The van der Waals surface area contributed by atoms with Crippen LogP contribution in [-0.2, 0) is 9.59 Å². The Labute approximate surface area is 183 Å². The van der Waals surface area contributed by atoms with E-state index in [0.717, 1.165) is 5.75 Å². The van der Waals surface area contributed by atoms with E-state index in [2.05, 4.69) is 5.32 Å². The molecule has 0 aromatic heterocycles. The fraction of sp³-hybridized carbons (Fsp3) is 0.360. The van der Waals surface area contributed by atoms with Crippen molar-refractivity contribution >= 4 is 23.1 Å². The predicted octanol–water partition coefficient (Wildman–Crippen LogP) is 4.86. The molecule has 0 saturated heterocycles. The minimum absolute atomic E-state index is 0.0519. The molecule has 3 rings (SSSR count). The number of carbonyl (C=O) groups excluding carboxylic acids is 2. The Morgan fingerprint density at radius 1 is 0.710 bits per heavy atom. The van der Waals surface area contributed by atoms with Crippen molar-refractivity contribution in [2.45, 2.75) is 59.8 Å². The summed E-state index contributed by atoms with van der Waals surface area (Å²) in [6.07, 6.45) is 0.125. The molecule has 2 aromatic rings. The molecule has 0 atom stereocenters. The van der Waals surface area contributed by atoms with E-state index in [1.807, 2.05) is 90.1 Å². The van der Waals surface area contributed by atoms with Crippen LogP contribution in [0.5, 0.6) is 11.5 Å². The maximum Gasteiger partial charge on any atom is 0.278 e. The largest absolute Gasteiger partial charge is 0.491 e. The first-order valence-corrected chi connectivity index (χ1v) is 10.6. The summed E-state index contributed by atoms with van der Waals surface area (Å²) in [6, 6.07) is 14.3. The number of nitrogens with zero attached hydrogens (tertiary/aromatic N) is 1. The van der Waals surface area contributed by atoms with E-state index in [0.29, 0.717) is 22.6 Å². The summed E-state index contributed by atoms with van der Waals surface area (Å²) in [7, 11) is 0. The number of rotatable bonds is 8. The molecular formula is C25H30N2O4. The van der Waals surface area contributed by atoms with Gasteiger partial charge in [-0.05, 0) is 83.5 Å². The van der Waals surface area contributed by atoms with Crippen LogP contribution in [0.2, 0.25) is 0 Å². The lowest BCUT2D eigenvalue weighted by atomic mass is 10.0. The highest BCUT2D eigenvalue weighted by atomic mass is 16.5. The number of hydrogen-bond acceptors (Lipinski definition) is 5. The summed E-state index contributed by atoms with van der Waals surface area (Å²) in [6.45, 7) is 11.5. The fourth-order valence-electron chi connectivity index (χ4n) is 3.41. The molecule has 2 amide bonds. The van der Waals surface area contributed by atoms with Crippen molar-refractivity contribution < 1.29 is 19.1 Å². The molecule has 1 heterocycles. The lowest BCUT2D eigenvalue weighted by Gasteiger charge is -2.19. The molecule has 164 valence electrons. The average Bonchev–Trinajstić information content (AvgIpc) is 2.93. The van der Waals surface area contributed by atoms with Crippen LogP contribution >= 0.6 is 0 Å². The maximum atomic E-state index is 13.2. The van der Waals surface area contributed by atoms with Crippen LogP contribution in [0, 0.1) is 0 Å². The first kappa shape index (κ1) is 22.4. The molecule has 1 aliphatic rings. The van der Waals surface area contributed by atoms with Crippen molar-refractivity contribution in [3.05, 3.63) is 59.8 Å². The van der Waals surface area contributed by atoms with E-state index in [-0.39, 0.29) is 35.8 Å². The van der Waals surface area contributed by atoms with Crippen molar-refractivity contribution in [1.29, 1.82) is 0 Å². The Morgan fingerprint density at radius 2 is 1.19 bits per heavy atom. The van der Waals surface area contributed by atoms with E-state index in [1.54, 1.807) is 0 Å². The molecule has 6 nitrogen and oxygen atoms in total. The number of nitrogens with one attached hydrogen (secondary N) is 1. The molecule has 0 aliphatic carbocycles. The van der Waals surface area contributed by atoms with Crippen molar-refractivity contribution in [3.63, 3.8) is 0 Å². The number of carbonyl (C=O) groups is 2. The molecule has 0 unspecified atom stereocenters. The molecule has 1 aliphatic heterocycles. The topological polar surface area (TPSA) is 67.9 Å². The van der Waals surface area contributed by atoms with Gasteiger partial charge in [-0.25, -0.2) is 0 Å². The zero-order chi connectivity index (χ0) is 22.7. The summed E-state index contributed by atoms with van der Waals surface area (Å²) in [5.41, 5.74) is 2.00. The van der Waals surface area contributed by atoms with Gasteiger partial charge in [0.1, 0.15) is 17.2 Å². The van der Waals surface area contributed by atoms with Gasteiger partial charge in [0.15, 0.2) is 0 Å². The number of ether oxygens (including phenoxy) is 2. The van der Waals surface area contributed by atoms with Gasteiger partial charge < -0.3 is 14.8 Å². The van der Waals surface area contributed by atoms with Gasteiger partial charge in [0.2, 0.25) is 0 Å². The third-order valence-corrected chi connectivity index (χ3v) is 4.64. The van der Waals surface area contributed by atoms with Gasteiger partial charge in [0, 0.05) is 11.7 Å². The second kappa shape index (κ2) is 9.25. The minimum Gasteiger partial charge on any atom is -0.491 e. The van der Waals surface area contributed by atoms with Crippen LogP contribution in [0.4, 0.5) is 5.69 Å². The first-order valence-electron chi connectivity index (χ1n) is 10.6. The highest BCUT2D eigenvalue weighted by Gasteiger charge is 2.40. The molecule has 0 saturated carbocycles. The lowest BCUT2D eigenvalue weighted by molar-refractivity contribution is -0.138. The number of imide groups is 1. The Kier molecular flexibility index (Phi) is 6.68. The smallest absolute Gasteiger partial charge is 0.278 e. The minimum atomic E-state index is -0.333. The van der Waals surface area contributed by atoms with Crippen molar-refractivity contribution in [2.75, 3.05) is 5.32 Å². The van der Waals surface area contributed by atoms with Gasteiger partial charge in [0.25, 0.3) is 11.8 Å². The van der Waals surface area contributed by atoms with Gasteiger partial charge in [-0.3, -0.25) is 14.5 Å².